The van der Waals surface area contributed by atoms with Crippen LogP contribution in [0.5, 0.6) is 0 Å². The largest absolute Gasteiger partial charge is 0.466 e. The monoisotopic (exact) mass is 496 g/mol. The van der Waals surface area contributed by atoms with Gasteiger partial charge in [-0.1, -0.05) is 6.07 Å². The number of halogens is 1. The fraction of sp³-hybridized carbons (Fsp3) is 0.316. The summed E-state index contributed by atoms with van der Waals surface area (Å²) in [4.78, 5) is 40.6. The number of tetrazole rings is 1. The van der Waals surface area contributed by atoms with E-state index in [1.807, 2.05) is 6.92 Å². The predicted molar refractivity (Wildman–Crippen MR) is 116 cm³/mol. The van der Waals surface area contributed by atoms with E-state index in [-0.39, 0.29) is 6.54 Å². The highest BCUT2D eigenvalue weighted by atomic mass is 31.2. The maximum Gasteiger partial charge on any atom is 0.466 e. The first kappa shape index (κ1) is 25.3. The van der Waals surface area contributed by atoms with Crippen LogP contribution < -0.4 is 4.90 Å². The van der Waals surface area contributed by atoms with Gasteiger partial charge in [0.25, 0.3) is 0 Å². The van der Waals surface area contributed by atoms with Gasteiger partial charge >= 0.3 is 13.9 Å². The minimum atomic E-state index is -4.64. The molecule has 1 saturated heterocycles. The van der Waals surface area contributed by atoms with Gasteiger partial charge in [-0.05, 0) is 43.3 Å². The zero-order valence-electron chi connectivity index (χ0n) is 18.1. The summed E-state index contributed by atoms with van der Waals surface area (Å²) in [6, 6.07) is 7.90. The lowest BCUT2D eigenvalue weighted by Gasteiger charge is -2.15. The Balaban J connectivity index is 0.000000588. The Labute approximate surface area is 192 Å². The van der Waals surface area contributed by atoms with Gasteiger partial charge in [0.15, 0.2) is 0 Å². The van der Waals surface area contributed by atoms with Crippen molar-refractivity contribution in [3.05, 3.63) is 42.3 Å². The molecule has 1 fully saturated rings. The standard InChI is InChI=1S/C19H19FN6O3.H3O4P/c1-3-26-23-18(22-24-26)16-7-4-12(9-21-16)14-6-5-13(8-15(14)20)25-10-17(11(2)27)29-19(25)28;1-5(2,3)4/h4-9,11,17,27H,3,10H2,1-2H3;(H3,1,2,3,4)/t11?,17-;/m0./s1. The fourth-order valence-corrected chi connectivity index (χ4v) is 3.02. The third kappa shape index (κ3) is 6.40. The second-order valence-electron chi connectivity index (χ2n) is 7.18. The number of carbonyl (C=O) groups is 1. The molecule has 0 spiro atoms. The van der Waals surface area contributed by atoms with Gasteiger partial charge in [0, 0.05) is 17.3 Å². The number of hydrogen-bond acceptors (Lipinski definition) is 8. The van der Waals surface area contributed by atoms with Crippen molar-refractivity contribution in [3.8, 4) is 22.6 Å². The number of hydrogen-bond donors (Lipinski definition) is 4. The number of phosphoric acid groups is 1. The lowest BCUT2D eigenvalue weighted by molar-refractivity contribution is 0.0437. The number of cyclic esters (lactones) is 1. The minimum absolute atomic E-state index is 0.164. The normalized spacial score (nSPS) is 16.6. The van der Waals surface area contributed by atoms with Crippen molar-refractivity contribution in [2.24, 2.45) is 0 Å². The maximum atomic E-state index is 14.8. The highest BCUT2D eigenvalue weighted by molar-refractivity contribution is 7.45. The van der Waals surface area contributed by atoms with E-state index >= 15 is 0 Å². The van der Waals surface area contributed by atoms with Crippen molar-refractivity contribution in [1.82, 2.24) is 25.2 Å². The average molecular weight is 496 g/mol. The average Bonchev–Trinajstić information content (AvgIpc) is 3.39. The van der Waals surface area contributed by atoms with E-state index in [1.54, 1.807) is 31.2 Å². The molecule has 1 unspecified atom stereocenters. The molecule has 4 rings (SSSR count). The number of aryl methyl sites for hydroxylation is 1. The van der Waals surface area contributed by atoms with Crippen molar-refractivity contribution in [2.45, 2.75) is 32.6 Å². The number of carbonyl (C=O) groups excluding carboxylic acids is 1. The van der Waals surface area contributed by atoms with Crippen molar-refractivity contribution in [3.63, 3.8) is 0 Å². The Morgan fingerprint density at radius 2 is 1.97 bits per heavy atom. The molecule has 3 aromatic rings. The molecule has 13 nitrogen and oxygen atoms in total. The molecule has 2 atom stereocenters. The molecular weight excluding hydrogens is 474 g/mol. The number of aromatic nitrogens is 5. The zero-order valence-corrected chi connectivity index (χ0v) is 18.9. The smallest absolute Gasteiger partial charge is 0.441 e. The van der Waals surface area contributed by atoms with Crippen LogP contribution in [0.25, 0.3) is 22.6 Å². The highest BCUT2D eigenvalue weighted by Crippen LogP contribution is 2.30. The number of rotatable bonds is 5. The van der Waals surface area contributed by atoms with Crippen molar-refractivity contribution in [2.75, 3.05) is 11.4 Å². The maximum absolute atomic E-state index is 14.8. The molecule has 1 aliphatic rings. The van der Waals surface area contributed by atoms with Crippen LogP contribution in [0.1, 0.15) is 13.8 Å². The Hall–Kier alpha value is -3.29. The molecule has 34 heavy (non-hydrogen) atoms. The number of anilines is 1. The van der Waals surface area contributed by atoms with Gasteiger partial charge in [-0.15, -0.1) is 10.2 Å². The minimum Gasteiger partial charge on any atom is -0.441 e. The van der Waals surface area contributed by atoms with E-state index in [2.05, 4.69) is 20.4 Å². The number of nitrogens with zero attached hydrogens (tertiary/aromatic N) is 6. The summed E-state index contributed by atoms with van der Waals surface area (Å²) in [6.07, 6.45) is -0.512. The number of pyridine rings is 1. The van der Waals surface area contributed by atoms with Crippen LogP contribution in [-0.2, 0) is 15.8 Å². The summed E-state index contributed by atoms with van der Waals surface area (Å²) in [5.74, 6) is -0.102. The van der Waals surface area contributed by atoms with E-state index in [0.717, 1.165) is 0 Å². The van der Waals surface area contributed by atoms with Crippen LogP contribution in [0.15, 0.2) is 36.5 Å². The Morgan fingerprint density at radius 3 is 2.47 bits per heavy atom. The molecule has 182 valence electrons. The summed E-state index contributed by atoms with van der Waals surface area (Å²) in [7, 11) is -4.64. The molecular formula is C19H22FN6O7P. The SMILES string of the molecule is CCn1nnc(-c2ccc(-c3ccc(N4C[C@@H](C(C)O)OC4=O)cc3F)cn2)n1.O=P(O)(O)O. The van der Waals surface area contributed by atoms with Gasteiger partial charge in [-0.2, -0.15) is 4.80 Å². The molecule has 0 aliphatic carbocycles. The van der Waals surface area contributed by atoms with Crippen molar-refractivity contribution in [1.29, 1.82) is 0 Å². The second-order valence-corrected chi connectivity index (χ2v) is 8.21. The Kier molecular flexibility index (Phi) is 7.69. The lowest BCUT2D eigenvalue weighted by Crippen LogP contribution is -2.29. The van der Waals surface area contributed by atoms with E-state index in [1.165, 1.54) is 22.0 Å². The van der Waals surface area contributed by atoms with Crippen LogP contribution in [-0.4, -0.2) is 69.8 Å². The molecule has 1 amide bonds. The number of ether oxygens (including phenoxy) is 1. The van der Waals surface area contributed by atoms with Gasteiger partial charge in [0.05, 0.1) is 24.9 Å². The first-order chi connectivity index (χ1) is 16.0. The van der Waals surface area contributed by atoms with E-state index < -0.39 is 31.9 Å². The number of amides is 1. The van der Waals surface area contributed by atoms with Crippen LogP contribution in [0.3, 0.4) is 0 Å². The van der Waals surface area contributed by atoms with Crippen molar-refractivity contribution < 1.29 is 38.3 Å². The highest BCUT2D eigenvalue weighted by Gasteiger charge is 2.35. The quantitative estimate of drug-likeness (QED) is 0.374. The summed E-state index contributed by atoms with van der Waals surface area (Å²) < 4.78 is 28.7. The van der Waals surface area contributed by atoms with E-state index in [4.69, 9.17) is 24.0 Å². The number of aliphatic hydroxyl groups excluding tert-OH is 1. The molecule has 0 radical (unpaired) electrons. The summed E-state index contributed by atoms with van der Waals surface area (Å²) >= 11 is 0. The summed E-state index contributed by atoms with van der Waals surface area (Å²) in [6.45, 7) is 4.21. The second kappa shape index (κ2) is 10.3. The van der Waals surface area contributed by atoms with Crippen molar-refractivity contribution >= 4 is 19.6 Å². The Morgan fingerprint density at radius 1 is 1.26 bits per heavy atom. The number of aliphatic hydroxyl groups is 1. The zero-order chi connectivity index (χ0) is 25.0. The lowest BCUT2D eigenvalue weighted by atomic mass is 10.1. The molecule has 2 aromatic heterocycles. The van der Waals surface area contributed by atoms with Gasteiger partial charge < -0.3 is 24.5 Å². The molecule has 4 N–H and O–H groups in total. The summed E-state index contributed by atoms with van der Waals surface area (Å²) in [5, 5.41) is 21.6. The predicted octanol–water partition coefficient (Wildman–Crippen LogP) is 1.34. The van der Waals surface area contributed by atoms with Gasteiger partial charge in [0.2, 0.25) is 5.82 Å². The third-order valence-corrected chi connectivity index (χ3v) is 4.68. The van der Waals surface area contributed by atoms with Crippen LogP contribution >= 0.6 is 7.82 Å². The molecule has 0 saturated carbocycles. The molecule has 15 heteroatoms. The molecule has 3 heterocycles. The third-order valence-electron chi connectivity index (χ3n) is 4.68. The molecule has 0 bridgehead atoms. The number of benzene rings is 1. The van der Waals surface area contributed by atoms with Gasteiger partial charge in [-0.3, -0.25) is 9.88 Å². The molecule has 1 aliphatic heterocycles. The topological polar surface area (TPSA) is 184 Å². The van der Waals surface area contributed by atoms with E-state index in [0.29, 0.717) is 34.9 Å². The van der Waals surface area contributed by atoms with Crippen LogP contribution in [0, 0.1) is 5.82 Å². The first-order valence-corrected chi connectivity index (χ1v) is 11.5. The van der Waals surface area contributed by atoms with Crippen LogP contribution in [0.2, 0.25) is 0 Å². The van der Waals surface area contributed by atoms with E-state index in [9.17, 15) is 14.3 Å². The molecule has 1 aromatic carbocycles. The summed E-state index contributed by atoms with van der Waals surface area (Å²) in [5.41, 5.74) is 1.82. The van der Waals surface area contributed by atoms with Gasteiger partial charge in [0.1, 0.15) is 17.6 Å². The first-order valence-electron chi connectivity index (χ1n) is 9.95. The van der Waals surface area contributed by atoms with Crippen LogP contribution in [0.4, 0.5) is 14.9 Å². The van der Waals surface area contributed by atoms with Gasteiger partial charge in [-0.25, -0.2) is 13.8 Å². The fourth-order valence-electron chi connectivity index (χ4n) is 3.02. The Bertz CT molecular complexity index is 1190.